The number of rotatable bonds is 7. The number of benzene rings is 1. The molecule has 2 amide bonds. The Bertz CT molecular complexity index is 817. The maximum atomic E-state index is 12.6. The molecular formula is C21H31N3O4S. The first kappa shape index (κ1) is 21.8. The molecule has 160 valence electrons. The average molecular weight is 422 g/mol. The highest BCUT2D eigenvalue weighted by atomic mass is 32.2. The number of hydrogen-bond acceptors (Lipinski definition) is 4. The summed E-state index contributed by atoms with van der Waals surface area (Å²) in [6, 6.07) is 7.34. The molecule has 2 aliphatic rings. The molecule has 2 saturated heterocycles. The fraction of sp³-hybridized carbons (Fsp3) is 0.619. The summed E-state index contributed by atoms with van der Waals surface area (Å²) in [5.74, 6) is -0.220. The van der Waals surface area contributed by atoms with E-state index in [0.29, 0.717) is 37.9 Å². The summed E-state index contributed by atoms with van der Waals surface area (Å²) >= 11 is 0. The van der Waals surface area contributed by atoms with Crippen LogP contribution in [0.25, 0.3) is 0 Å². The highest BCUT2D eigenvalue weighted by Crippen LogP contribution is 2.22. The number of sulfonamides is 1. The molecule has 2 aliphatic heterocycles. The van der Waals surface area contributed by atoms with Gasteiger partial charge in [-0.3, -0.25) is 9.59 Å². The maximum absolute atomic E-state index is 12.6. The minimum Gasteiger partial charge on any atom is -0.342 e. The molecule has 1 unspecified atom stereocenters. The molecule has 3 rings (SSSR count). The van der Waals surface area contributed by atoms with E-state index in [0.717, 1.165) is 31.5 Å². The van der Waals surface area contributed by atoms with Gasteiger partial charge in [0.2, 0.25) is 21.8 Å². The quantitative estimate of drug-likeness (QED) is 0.732. The van der Waals surface area contributed by atoms with E-state index in [1.165, 1.54) is 4.31 Å². The third kappa shape index (κ3) is 5.79. The molecule has 2 heterocycles. The van der Waals surface area contributed by atoms with Gasteiger partial charge >= 0.3 is 0 Å². The second kappa shape index (κ2) is 9.71. The van der Waals surface area contributed by atoms with Gasteiger partial charge in [-0.1, -0.05) is 19.1 Å². The number of nitrogens with one attached hydrogen (secondary N) is 1. The van der Waals surface area contributed by atoms with E-state index in [1.807, 2.05) is 24.0 Å². The Balaban J connectivity index is 1.54. The van der Waals surface area contributed by atoms with E-state index in [1.54, 1.807) is 12.1 Å². The van der Waals surface area contributed by atoms with Crippen molar-refractivity contribution in [3.8, 4) is 0 Å². The predicted octanol–water partition coefficient (Wildman–Crippen LogP) is 2.24. The Morgan fingerprint density at radius 3 is 2.41 bits per heavy atom. The second-order valence-corrected chi connectivity index (χ2v) is 10.1. The van der Waals surface area contributed by atoms with Gasteiger partial charge < -0.3 is 10.2 Å². The summed E-state index contributed by atoms with van der Waals surface area (Å²) in [6.07, 6.45) is 4.48. The minimum atomic E-state index is -3.28. The molecule has 2 fully saturated rings. The molecule has 1 aromatic rings. The highest BCUT2D eigenvalue weighted by Gasteiger charge is 2.31. The predicted molar refractivity (Wildman–Crippen MR) is 113 cm³/mol. The van der Waals surface area contributed by atoms with Crippen LogP contribution in [0.1, 0.15) is 44.6 Å². The lowest BCUT2D eigenvalue weighted by molar-refractivity contribution is -0.129. The van der Waals surface area contributed by atoms with Crippen molar-refractivity contribution in [1.29, 1.82) is 0 Å². The third-order valence-corrected chi connectivity index (χ3v) is 7.69. The van der Waals surface area contributed by atoms with E-state index in [4.69, 9.17) is 0 Å². The number of piperidine rings is 1. The van der Waals surface area contributed by atoms with Crippen LogP contribution in [0.4, 0.5) is 5.69 Å². The van der Waals surface area contributed by atoms with Crippen LogP contribution < -0.4 is 5.32 Å². The Hall–Kier alpha value is -1.93. The molecule has 7 nitrogen and oxygen atoms in total. The average Bonchev–Trinajstić information content (AvgIpc) is 3.24. The van der Waals surface area contributed by atoms with Gasteiger partial charge in [-0.15, -0.1) is 0 Å². The van der Waals surface area contributed by atoms with Crippen molar-refractivity contribution >= 4 is 27.5 Å². The first-order valence-electron chi connectivity index (χ1n) is 10.5. The van der Waals surface area contributed by atoms with Crippen LogP contribution in [0, 0.1) is 5.92 Å². The molecule has 0 aliphatic carbocycles. The van der Waals surface area contributed by atoms with E-state index >= 15 is 0 Å². The summed E-state index contributed by atoms with van der Waals surface area (Å²) in [5.41, 5.74) is 1.59. The van der Waals surface area contributed by atoms with Crippen LogP contribution in [0.2, 0.25) is 0 Å². The molecule has 29 heavy (non-hydrogen) atoms. The zero-order valence-corrected chi connectivity index (χ0v) is 17.9. The summed E-state index contributed by atoms with van der Waals surface area (Å²) in [6.45, 7) is 4.27. The number of carbonyl (C=O) groups excluding carboxylic acids is 2. The van der Waals surface area contributed by atoms with Crippen LogP contribution in [0.3, 0.4) is 0 Å². The standard InChI is InChI=1S/C21H31N3O4S/c1-2-14-29(27,28)24-13-5-6-18(16-24)21(26)22-19-9-7-17(8-10-19)15-20(25)23-11-3-4-12-23/h7-10,18H,2-6,11-16H2,1H3,(H,22,26). The first-order valence-corrected chi connectivity index (χ1v) is 12.2. The highest BCUT2D eigenvalue weighted by molar-refractivity contribution is 7.89. The fourth-order valence-electron chi connectivity index (χ4n) is 4.00. The Morgan fingerprint density at radius 1 is 1.07 bits per heavy atom. The van der Waals surface area contributed by atoms with Crippen molar-refractivity contribution < 1.29 is 18.0 Å². The van der Waals surface area contributed by atoms with Crippen molar-refractivity contribution in [1.82, 2.24) is 9.21 Å². The Kier molecular flexibility index (Phi) is 7.29. The molecule has 0 bridgehead atoms. The molecule has 0 spiro atoms. The van der Waals surface area contributed by atoms with Crippen molar-refractivity contribution in [2.45, 2.75) is 45.4 Å². The van der Waals surface area contributed by atoms with Gasteiger partial charge in [-0.05, 0) is 49.8 Å². The number of hydrogen-bond donors (Lipinski definition) is 1. The number of likely N-dealkylation sites (tertiary alicyclic amines) is 1. The van der Waals surface area contributed by atoms with Crippen molar-refractivity contribution in [2.24, 2.45) is 5.92 Å². The molecular weight excluding hydrogens is 390 g/mol. The Labute approximate surface area is 173 Å². The smallest absolute Gasteiger partial charge is 0.228 e. The molecule has 8 heteroatoms. The summed E-state index contributed by atoms with van der Waals surface area (Å²) in [4.78, 5) is 26.8. The summed E-state index contributed by atoms with van der Waals surface area (Å²) in [7, 11) is -3.28. The SMILES string of the molecule is CCCS(=O)(=O)N1CCCC(C(=O)Nc2ccc(CC(=O)N3CCCC3)cc2)C1. The van der Waals surface area contributed by atoms with Crippen LogP contribution in [0.15, 0.2) is 24.3 Å². The normalized spacial score (nSPS) is 20.6. The number of amides is 2. The van der Waals surface area contributed by atoms with Crippen LogP contribution >= 0.6 is 0 Å². The van der Waals surface area contributed by atoms with Crippen LogP contribution in [-0.2, 0) is 26.0 Å². The van der Waals surface area contributed by atoms with Gasteiger partial charge in [0.15, 0.2) is 0 Å². The maximum Gasteiger partial charge on any atom is 0.228 e. The second-order valence-electron chi connectivity index (χ2n) is 7.96. The van der Waals surface area contributed by atoms with E-state index < -0.39 is 10.0 Å². The minimum absolute atomic E-state index is 0.124. The molecule has 0 saturated carbocycles. The van der Waals surface area contributed by atoms with E-state index in [-0.39, 0.29) is 30.0 Å². The zero-order valence-electron chi connectivity index (χ0n) is 17.1. The lowest BCUT2D eigenvalue weighted by atomic mass is 9.98. The topological polar surface area (TPSA) is 86.8 Å². The van der Waals surface area contributed by atoms with Crippen molar-refractivity contribution in [2.75, 3.05) is 37.2 Å². The van der Waals surface area contributed by atoms with Gasteiger partial charge in [0.05, 0.1) is 18.1 Å². The number of nitrogens with zero attached hydrogens (tertiary/aromatic N) is 2. The lowest BCUT2D eigenvalue weighted by Gasteiger charge is -2.31. The monoisotopic (exact) mass is 421 g/mol. The van der Waals surface area contributed by atoms with Crippen molar-refractivity contribution in [3.05, 3.63) is 29.8 Å². The molecule has 0 radical (unpaired) electrons. The lowest BCUT2D eigenvalue weighted by Crippen LogP contribution is -2.44. The number of anilines is 1. The summed E-state index contributed by atoms with van der Waals surface area (Å²) in [5, 5.41) is 2.90. The van der Waals surface area contributed by atoms with Crippen LogP contribution in [-0.4, -0.2) is 61.4 Å². The first-order chi connectivity index (χ1) is 13.9. The molecule has 0 aromatic heterocycles. The van der Waals surface area contributed by atoms with Gasteiger partial charge in [0.25, 0.3) is 0 Å². The van der Waals surface area contributed by atoms with Gasteiger partial charge in [0, 0.05) is 31.9 Å². The van der Waals surface area contributed by atoms with Gasteiger partial charge in [0.1, 0.15) is 0 Å². The zero-order chi connectivity index (χ0) is 20.9. The number of carbonyl (C=O) groups is 2. The molecule has 1 N–H and O–H groups in total. The molecule has 1 atom stereocenters. The van der Waals surface area contributed by atoms with Crippen LogP contribution in [0.5, 0.6) is 0 Å². The van der Waals surface area contributed by atoms with Gasteiger partial charge in [-0.25, -0.2) is 12.7 Å². The van der Waals surface area contributed by atoms with E-state index in [9.17, 15) is 18.0 Å². The Morgan fingerprint density at radius 2 is 1.76 bits per heavy atom. The van der Waals surface area contributed by atoms with Gasteiger partial charge in [-0.2, -0.15) is 0 Å². The van der Waals surface area contributed by atoms with Crippen molar-refractivity contribution in [3.63, 3.8) is 0 Å². The molecule has 1 aromatic carbocycles. The fourth-order valence-corrected chi connectivity index (χ4v) is 5.59. The third-order valence-electron chi connectivity index (χ3n) is 5.65. The summed E-state index contributed by atoms with van der Waals surface area (Å²) < 4.78 is 26.0. The largest absolute Gasteiger partial charge is 0.342 e. The van der Waals surface area contributed by atoms with E-state index in [2.05, 4.69) is 5.32 Å².